The molecule has 0 aliphatic rings. The Morgan fingerprint density at radius 2 is 1.30 bits per heavy atom. The number of rotatable bonds is 5. The quantitative estimate of drug-likeness (QED) is 0.376. The minimum atomic E-state index is -3.57. The molecule has 0 aliphatic carbocycles. The number of fused-ring (bicyclic) bond motifs is 2. The van der Waals surface area contributed by atoms with Crippen molar-refractivity contribution in [1.29, 1.82) is 0 Å². The Kier molecular flexibility index (Phi) is 8.66. The predicted octanol–water partition coefficient (Wildman–Crippen LogP) is 4.39. The van der Waals surface area contributed by atoms with Crippen molar-refractivity contribution in [2.45, 2.75) is 8.42 Å². The number of nitrogens with one attached hydrogen (secondary N) is 1. The van der Waals surface area contributed by atoms with Gasteiger partial charge in [0, 0.05) is 33.2 Å². The molecule has 30 heavy (non-hydrogen) atoms. The van der Waals surface area contributed by atoms with E-state index in [0.717, 1.165) is 20.2 Å². The zero-order valence-corrected chi connectivity index (χ0v) is 20.2. The van der Waals surface area contributed by atoms with E-state index in [9.17, 15) is 16.8 Å². The molecule has 0 fully saturated rings. The second kappa shape index (κ2) is 10.4. The van der Waals surface area contributed by atoms with E-state index in [1.54, 1.807) is 12.1 Å². The Labute approximate surface area is 193 Å². The summed E-state index contributed by atoms with van der Waals surface area (Å²) in [5.41, 5.74) is 5.27. The Morgan fingerprint density at radius 1 is 0.833 bits per heavy atom. The Balaban J connectivity index is 0.000000211. The first-order valence-electron chi connectivity index (χ1n) is 8.32. The van der Waals surface area contributed by atoms with Gasteiger partial charge in [0.2, 0.25) is 10.0 Å². The van der Waals surface area contributed by atoms with Crippen LogP contribution in [0.15, 0.2) is 69.1 Å². The Morgan fingerprint density at radius 3 is 1.77 bits per heavy atom. The first-order valence-corrected chi connectivity index (χ1v) is 13.7. The van der Waals surface area contributed by atoms with Crippen molar-refractivity contribution in [1.82, 2.24) is 4.72 Å². The second-order valence-electron chi connectivity index (χ2n) is 5.83. The third-order valence-electron chi connectivity index (χ3n) is 3.75. The molecule has 6 nitrogen and oxygen atoms in total. The van der Waals surface area contributed by atoms with E-state index in [1.807, 2.05) is 48.5 Å². The van der Waals surface area contributed by atoms with Crippen molar-refractivity contribution in [2.24, 2.45) is 5.73 Å². The van der Waals surface area contributed by atoms with Gasteiger partial charge in [-0.1, -0.05) is 36.4 Å². The van der Waals surface area contributed by atoms with Crippen LogP contribution in [-0.4, -0.2) is 29.9 Å². The predicted molar refractivity (Wildman–Crippen MR) is 128 cm³/mol. The highest BCUT2D eigenvalue weighted by molar-refractivity contribution is 8.15. The number of hydrogen-bond acceptors (Lipinski definition) is 7. The smallest absolute Gasteiger partial charge is 0.270 e. The highest BCUT2D eigenvalue weighted by atomic mass is 35.7. The molecule has 2 aromatic carbocycles. The van der Waals surface area contributed by atoms with Gasteiger partial charge in [-0.25, -0.2) is 21.6 Å². The van der Waals surface area contributed by atoms with Crippen LogP contribution >= 0.6 is 45.8 Å². The summed E-state index contributed by atoms with van der Waals surface area (Å²) in [6.45, 7) is 0.556. The highest BCUT2D eigenvalue weighted by Gasteiger charge is 2.16. The minimum absolute atomic E-state index is 0. The number of thiophene rings is 2. The van der Waals surface area contributed by atoms with Crippen molar-refractivity contribution in [3.63, 3.8) is 0 Å². The van der Waals surface area contributed by atoms with Gasteiger partial charge in [-0.05, 0) is 35.0 Å². The van der Waals surface area contributed by atoms with Crippen molar-refractivity contribution in [2.75, 3.05) is 13.1 Å². The van der Waals surface area contributed by atoms with Gasteiger partial charge in [-0.3, -0.25) is 0 Å². The highest BCUT2D eigenvalue weighted by Crippen LogP contribution is 2.30. The maximum atomic E-state index is 11.8. The lowest BCUT2D eigenvalue weighted by molar-refractivity contribution is 0.584. The topological polar surface area (TPSA) is 106 Å². The second-order valence-corrected chi connectivity index (χ2v) is 12.8. The van der Waals surface area contributed by atoms with E-state index in [1.165, 1.54) is 22.7 Å². The van der Waals surface area contributed by atoms with Gasteiger partial charge in [-0.15, -0.1) is 35.1 Å². The van der Waals surface area contributed by atoms with E-state index in [4.69, 9.17) is 16.4 Å². The van der Waals surface area contributed by atoms with Crippen LogP contribution in [0.25, 0.3) is 20.2 Å². The zero-order valence-electron chi connectivity index (χ0n) is 15.3. The lowest BCUT2D eigenvalue weighted by Gasteiger charge is -2.01. The average Bonchev–Trinajstić information content (AvgIpc) is 3.31. The number of benzene rings is 2. The van der Waals surface area contributed by atoms with Crippen LogP contribution in [0.1, 0.15) is 0 Å². The molecule has 0 amide bonds. The number of sulfonamides is 1. The van der Waals surface area contributed by atoms with Crippen LogP contribution in [0.4, 0.5) is 0 Å². The summed E-state index contributed by atoms with van der Waals surface area (Å²) in [5, 5.41) is 1.85. The first kappa shape index (κ1) is 25.0. The SMILES string of the molecule is Cl.NCCNS(=O)(=O)c1cc2ccccc2s1.O=S(=O)(Cl)c1cc2ccccc2s1. The van der Waals surface area contributed by atoms with Gasteiger partial charge in [-0.2, -0.15) is 0 Å². The van der Waals surface area contributed by atoms with E-state index >= 15 is 0 Å². The molecule has 0 bridgehead atoms. The molecule has 2 aromatic heterocycles. The van der Waals surface area contributed by atoms with Crippen LogP contribution in [-0.2, 0) is 19.1 Å². The first-order chi connectivity index (χ1) is 13.7. The summed E-state index contributed by atoms with van der Waals surface area (Å²) in [7, 11) is -1.76. The van der Waals surface area contributed by atoms with E-state index in [2.05, 4.69) is 4.72 Å². The van der Waals surface area contributed by atoms with E-state index < -0.39 is 19.1 Å². The van der Waals surface area contributed by atoms with Crippen LogP contribution in [0.2, 0.25) is 0 Å². The van der Waals surface area contributed by atoms with Gasteiger partial charge in [0.1, 0.15) is 8.42 Å². The normalized spacial score (nSPS) is 11.7. The molecule has 162 valence electrons. The molecule has 0 unspecified atom stereocenters. The fraction of sp³-hybridized carbons (Fsp3) is 0.111. The summed E-state index contributed by atoms with van der Waals surface area (Å²) in [6, 6.07) is 18.3. The molecule has 3 N–H and O–H groups in total. The molecule has 4 aromatic rings. The van der Waals surface area contributed by atoms with Gasteiger partial charge in [0.15, 0.2) is 0 Å². The molecule has 0 radical (unpaired) electrons. The summed E-state index contributed by atoms with van der Waals surface area (Å²) >= 11 is 2.45. The molecule has 0 aliphatic heterocycles. The maximum absolute atomic E-state index is 11.8. The van der Waals surface area contributed by atoms with Gasteiger partial charge >= 0.3 is 0 Å². The Hall–Kier alpha value is -1.24. The van der Waals surface area contributed by atoms with Gasteiger partial charge < -0.3 is 5.73 Å². The zero-order chi connectivity index (χ0) is 21.1. The number of hydrogen-bond donors (Lipinski definition) is 2. The standard InChI is InChI=1S/C10H12N2O2S2.C8H5ClO2S2.ClH/c11-5-6-12-16(13,14)10-7-8-3-1-2-4-9(8)15-10;9-13(10,11)8-5-6-3-1-2-4-7(6)12-8;/h1-4,7,12H,5-6,11H2;1-5H;1H. The summed E-state index contributed by atoms with van der Waals surface area (Å²) in [6.07, 6.45) is 0. The molecule has 4 rings (SSSR count). The lowest BCUT2D eigenvalue weighted by Crippen LogP contribution is -2.28. The third-order valence-corrected chi connectivity index (χ3v) is 9.99. The summed E-state index contributed by atoms with van der Waals surface area (Å²) in [5.74, 6) is 0. The lowest BCUT2D eigenvalue weighted by atomic mass is 10.3. The largest absolute Gasteiger partial charge is 0.329 e. The van der Waals surface area contributed by atoms with Crippen LogP contribution in [0.5, 0.6) is 0 Å². The molecule has 0 atom stereocenters. The fourth-order valence-electron chi connectivity index (χ4n) is 2.43. The van der Waals surface area contributed by atoms with Crippen molar-refractivity contribution in [3.05, 3.63) is 60.7 Å². The molecule has 12 heteroatoms. The molecular formula is C18H18Cl2N2O4S4. The van der Waals surface area contributed by atoms with Crippen molar-refractivity contribution >= 4 is 85.0 Å². The summed E-state index contributed by atoms with van der Waals surface area (Å²) in [4.78, 5) is 0. The van der Waals surface area contributed by atoms with E-state index in [0.29, 0.717) is 10.8 Å². The average molecular weight is 526 g/mol. The van der Waals surface area contributed by atoms with Crippen molar-refractivity contribution < 1.29 is 16.8 Å². The summed E-state index contributed by atoms with van der Waals surface area (Å²) < 4.78 is 50.4. The van der Waals surface area contributed by atoms with Crippen molar-refractivity contribution in [3.8, 4) is 0 Å². The van der Waals surface area contributed by atoms with Gasteiger partial charge in [0.05, 0.1) is 0 Å². The van der Waals surface area contributed by atoms with Crippen LogP contribution < -0.4 is 10.5 Å². The Bertz CT molecular complexity index is 1280. The maximum Gasteiger partial charge on any atom is 0.270 e. The monoisotopic (exact) mass is 524 g/mol. The fourth-order valence-corrected chi connectivity index (χ4v) is 7.07. The molecule has 2 heterocycles. The van der Waals surface area contributed by atoms with Crippen LogP contribution in [0, 0.1) is 0 Å². The van der Waals surface area contributed by atoms with E-state index in [-0.39, 0.29) is 23.2 Å². The number of halogens is 2. The van der Waals surface area contributed by atoms with Crippen LogP contribution in [0.3, 0.4) is 0 Å². The molecule has 0 saturated carbocycles. The molecule has 0 saturated heterocycles. The molecular weight excluding hydrogens is 507 g/mol. The van der Waals surface area contributed by atoms with Gasteiger partial charge in [0.25, 0.3) is 9.05 Å². The third kappa shape index (κ3) is 6.14. The number of nitrogens with two attached hydrogens (primary N) is 1. The minimum Gasteiger partial charge on any atom is -0.329 e. The molecule has 0 spiro atoms.